The van der Waals surface area contributed by atoms with Crippen LogP contribution in [-0.4, -0.2) is 19.2 Å². The molecule has 3 N–H and O–H groups in total. The zero-order chi connectivity index (χ0) is 16.1. The van der Waals surface area contributed by atoms with Gasteiger partial charge in [-0.2, -0.15) is 10.4 Å². The maximum absolute atomic E-state index is 12.1. The number of ether oxygens (including phenoxy) is 1. The van der Waals surface area contributed by atoms with Crippen molar-refractivity contribution in [1.82, 2.24) is 5.43 Å². The van der Waals surface area contributed by atoms with Gasteiger partial charge in [-0.1, -0.05) is 12.1 Å². The van der Waals surface area contributed by atoms with Crippen LogP contribution in [0, 0.1) is 18.3 Å². The molecule has 0 spiro atoms. The van der Waals surface area contributed by atoms with Crippen LogP contribution >= 0.6 is 11.3 Å². The van der Waals surface area contributed by atoms with E-state index < -0.39 is 5.91 Å². The molecule has 6 nitrogen and oxygen atoms in total. The molecule has 22 heavy (non-hydrogen) atoms. The number of hydrogen-bond acceptors (Lipinski definition) is 6. The van der Waals surface area contributed by atoms with Crippen molar-refractivity contribution < 1.29 is 9.53 Å². The standard InChI is InChI=1S/C15H14N4O2S/c1-9-11(7-16)14(17)22-13(9)15(20)19-18-8-10-5-3-4-6-12(10)21-2/h3-6,8H,17H2,1-2H3,(H,19,20)/b18-8+. The number of para-hydroxylation sites is 1. The number of methoxy groups -OCH3 is 1. The van der Waals surface area contributed by atoms with Crippen molar-refractivity contribution >= 4 is 28.5 Å². The predicted molar refractivity (Wildman–Crippen MR) is 86.2 cm³/mol. The molecule has 0 fully saturated rings. The third-order valence-electron chi connectivity index (χ3n) is 3.00. The molecule has 0 aliphatic heterocycles. The van der Waals surface area contributed by atoms with Gasteiger partial charge in [0.15, 0.2) is 0 Å². The normalized spacial score (nSPS) is 10.4. The number of amides is 1. The number of hydrogen-bond donors (Lipinski definition) is 2. The second-order valence-corrected chi connectivity index (χ2v) is 5.40. The Morgan fingerprint density at radius 2 is 2.23 bits per heavy atom. The number of thiophene rings is 1. The van der Waals surface area contributed by atoms with Crippen LogP contribution in [0.15, 0.2) is 29.4 Å². The van der Waals surface area contributed by atoms with Crippen molar-refractivity contribution in [3.63, 3.8) is 0 Å². The molecule has 112 valence electrons. The van der Waals surface area contributed by atoms with Gasteiger partial charge in [-0.25, -0.2) is 5.43 Å². The van der Waals surface area contributed by atoms with Gasteiger partial charge in [-0.15, -0.1) is 11.3 Å². The van der Waals surface area contributed by atoms with Crippen molar-refractivity contribution in [2.45, 2.75) is 6.92 Å². The average molecular weight is 314 g/mol. The third-order valence-corrected chi connectivity index (χ3v) is 4.12. The third kappa shape index (κ3) is 3.07. The molecular formula is C15H14N4O2S. The number of hydrazone groups is 1. The van der Waals surface area contributed by atoms with Gasteiger partial charge in [-0.05, 0) is 24.6 Å². The van der Waals surface area contributed by atoms with E-state index in [-0.39, 0.29) is 0 Å². The molecule has 1 heterocycles. The predicted octanol–water partition coefficient (Wildman–Crippen LogP) is 2.28. The summed E-state index contributed by atoms with van der Waals surface area (Å²) in [5, 5.41) is 13.2. The Morgan fingerprint density at radius 1 is 1.50 bits per heavy atom. The quantitative estimate of drug-likeness (QED) is 0.668. The minimum Gasteiger partial charge on any atom is -0.496 e. The first-order valence-corrected chi connectivity index (χ1v) is 7.15. The summed E-state index contributed by atoms with van der Waals surface area (Å²) in [5.41, 5.74) is 9.78. The lowest BCUT2D eigenvalue weighted by Crippen LogP contribution is -2.17. The minimum atomic E-state index is -0.401. The summed E-state index contributed by atoms with van der Waals surface area (Å²) in [6.07, 6.45) is 1.49. The number of nitrogens with zero attached hydrogens (tertiary/aromatic N) is 2. The van der Waals surface area contributed by atoms with Gasteiger partial charge in [0.2, 0.25) is 0 Å². The number of carbonyl (C=O) groups excluding carboxylic acids is 1. The van der Waals surface area contributed by atoms with Crippen LogP contribution in [0.25, 0.3) is 0 Å². The van der Waals surface area contributed by atoms with Gasteiger partial charge in [0.05, 0.1) is 18.9 Å². The van der Waals surface area contributed by atoms with Crippen LogP contribution < -0.4 is 15.9 Å². The molecule has 0 radical (unpaired) electrons. The van der Waals surface area contributed by atoms with E-state index in [9.17, 15) is 4.79 Å². The lowest BCUT2D eigenvalue weighted by molar-refractivity contribution is 0.0958. The smallest absolute Gasteiger partial charge is 0.281 e. The van der Waals surface area contributed by atoms with Crippen LogP contribution in [-0.2, 0) is 0 Å². The van der Waals surface area contributed by atoms with Crippen molar-refractivity contribution in [2.75, 3.05) is 12.8 Å². The molecule has 0 saturated heterocycles. The molecule has 2 aromatic rings. The number of nitrogens with two attached hydrogens (primary N) is 1. The van der Waals surface area contributed by atoms with Crippen molar-refractivity contribution in [3.05, 3.63) is 45.8 Å². The molecule has 0 bridgehead atoms. The van der Waals surface area contributed by atoms with Crippen LogP contribution in [0.2, 0.25) is 0 Å². The molecule has 7 heteroatoms. The molecule has 0 atom stereocenters. The van der Waals surface area contributed by atoms with Crippen LogP contribution in [0.3, 0.4) is 0 Å². The summed E-state index contributed by atoms with van der Waals surface area (Å²) in [6.45, 7) is 1.68. The van der Waals surface area contributed by atoms with Gasteiger partial charge in [0.1, 0.15) is 21.7 Å². The van der Waals surface area contributed by atoms with E-state index >= 15 is 0 Å². The summed E-state index contributed by atoms with van der Waals surface area (Å²) in [6, 6.07) is 9.29. The van der Waals surface area contributed by atoms with E-state index in [1.807, 2.05) is 24.3 Å². The van der Waals surface area contributed by atoms with E-state index in [2.05, 4.69) is 10.5 Å². The van der Waals surface area contributed by atoms with Gasteiger partial charge in [0, 0.05) is 5.56 Å². The van der Waals surface area contributed by atoms with Gasteiger partial charge < -0.3 is 10.5 Å². The number of rotatable bonds is 4. The van der Waals surface area contributed by atoms with E-state index in [1.165, 1.54) is 6.21 Å². The SMILES string of the molecule is COc1ccccc1/C=N/NC(=O)c1sc(N)c(C#N)c1C. The lowest BCUT2D eigenvalue weighted by atomic mass is 10.2. The van der Waals surface area contributed by atoms with Crippen molar-refractivity contribution in [1.29, 1.82) is 5.26 Å². The number of benzene rings is 1. The van der Waals surface area contributed by atoms with E-state index in [0.717, 1.165) is 16.9 Å². The second kappa shape index (κ2) is 6.74. The number of carbonyl (C=O) groups is 1. The summed E-state index contributed by atoms with van der Waals surface area (Å²) in [5.74, 6) is 0.255. The van der Waals surface area contributed by atoms with Crippen LogP contribution in [0.4, 0.5) is 5.00 Å². The highest BCUT2D eigenvalue weighted by Gasteiger charge is 2.18. The molecule has 1 aromatic heterocycles. The monoisotopic (exact) mass is 314 g/mol. The molecule has 0 saturated carbocycles. The summed E-state index contributed by atoms with van der Waals surface area (Å²) in [7, 11) is 1.56. The second-order valence-electron chi connectivity index (χ2n) is 4.35. The first-order valence-electron chi connectivity index (χ1n) is 6.33. The number of anilines is 1. The average Bonchev–Trinajstić information content (AvgIpc) is 2.82. The summed E-state index contributed by atoms with van der Waals surface area (Å²) >= 11 is 1.07. The molecule has 0 aliphatic rings. The van der Waals surface area contributed by atoms with E-state index in [1.54, 1.807) is 20.1 Å². The maximum atomic E-state index is 12.1. The molecule has 1 aromatic carbocycles. The molecule has 1 amide bonds. The van der Waals surface area contributed by atoms with Crippen molar-refractivity contribution in [3.8, 4) is 11.8 Å². The minimum absolute atomic E-state index is 0.332. The fraction of sp³-hybridized carbons (Fsp3) is 0.133. The van der Waals surface area contributed by atoms with Gasteiger partial charge in [0.25, 0.3) is 5.91 Å². The first-order chi connectivity index (χ1) is 10.6. The zero-order valence-corrected chi connectivity index (χ0v) is 12.9. The van der Waals surface area contributed by atoms with Crippen LogP contribution in [0.5, 0.6) is 5.75 Å². The Morgan fingerprint density at radius 3 is 2.86 bits per heavy atom. The molecule has 2 rings (SSSR count). The Bertz CT molecular complexity index is 774. The van der Waals surface area contributed by atoms with Crippen LogP contribution in [0.1, 0.15) is 26.4 Å². The Kier molecular flexibility index (Phi) is 4.76. The highest BCUT2D eigenvalue weighted by molar-refractivity contribution is 7.18. The zero-order valence-electron chi connectivity index (χ0n) is 12.1. The van der Waals surface area contributed by atoms with E-state index in [4.69, 9.17) is 15.7 Å². The lowest BCUT2D eigenvalue weighted by Gasteiger charge is -2.03. The Balaban J connectivity index is 2.14. The van der Waals surface area contributed by atoms with Crippen molar-refractivity contribution in [2.24, 2.45) is 5.10 Å². The van der Waals surface area contributed by atoms with Gasteiger partial charge >= 0.3 is 0 Å². The molecule has 0 aliphatic carbocycles. The highest BCUT2D eigenvalue weighted by Crippen LogP contribution is 2.29. The molecule has 0 unspecified atom stereocenters. The largest absolute Gasteiger partial charge is 0.496 e. The molecular weight excluding hydrogens is 300 g/mol. The first kappa shape index (κ1) is 15.5. The highest BCUT2D eigenvalue weighted by atomic mass is 32.1. The maximum Gasteiger partial charge on any atom is 0.281 e. The fourth-order valence-electron chi connectivity index (χ4n) is 1.88. The number of nitrogen functional groups attached to an aromatic ring is 1. The fourth-order valence-corrected chi connectivity index (χ4v) is 2.79. The summed E-state index contributed by atoms with van der Waals surface area (Å²) in [4.78, 5) is 12.5. The number of nitrogens with one attached hydrogen (secondary N) is 1. The Labute approximate surface area is 131 Å². The van der Waals surface area contributed by atoms with Gasteiger partial charge in [-0.3, -0.25) is 4.79 Å². The topological polar surface area (TPSA) is 100 Å². The van der Waals surface area contributed by atoms with E-state index in [0.29, 0.717) is 26.8 Å². The number of nitriles is 1. The summed E-state index contributed by atoms with van der Waals surface area (Å²) < 4.78 is 5.19. The Hall–Kier alpha value is -2.85.